The zero-order valence-electron chi connectivity index (χ0n) is 21.8. The van der Waals surface area contributed by atoms with E-state index in [4.69, 9.17) is 4.74 Å². The maximum Gasteiger partial charge on any atom is 0.318 e. The summed E-state index contributed by atoms with van der Waals surface area (Å²) in [7, 11) is -4.19. The van der Waals surface area contributed by atoms with Gasteiger partial charge in [0, 0.05) is 44.0 Å². The number of carbonyl (C=O) groups excluding carboxylic acids is 1. The van der Waals surface area contributed by atoms with Gasteiger partial charge in [0.1, 0.15) is 12.4 Å². The fraction of sp³-hybridized carbons (Fsp3) is 0.310. The van der Waals surface area contributed by atoms with Crippen LogP contribution in [-0.4, -0.2) is 75.6 Å². The maximum absolute atomic E-state index is 13.5. The lowest BCUT2D eigenvalue weighted by atomic mass is 10.1. The van der Waals surface area contributed by atoms with E-state index in [-0.39, 0.29) is 29.6 Å². The first-order valence-electron chi connectivity index (χ1n) is 13.1. The van der Waals surface area contributed by atoms with Gasteiger partial charge in [0.05, 0.1) is 18.1 Å². The summed E-state index contributed by atoms with van der Waals surface area (Å²) in [5, 5.41) is 9.39. The Hall–Kier alpha value is -3.80. The van der Waals surface area contributed by atoms with Crippen LogP contribution in [0.1, 0.15) is 12.0 Å². The molecule has 2 aliphatic rings. The van der Waals surface area contributed by atoms with Crippen LogP contribution >= 0.6 is 0 Å². The standard InChI is InChI=1S/C29H30FN3O6S/c30-24-5-10-27-23(19-24)11-14-33(27)28(34)12-13-32(20-29(35)36)40(37,38)26-8-3-22(4-9-26)21-1-6-25(7-2-21)31-15-17-39-18-16-31/h1-10,19H,11-18,20H2,(H,35,36). The number of nitrogens with zero attached hydrogens (tertiary/aromatic N) is 3. The number of hydrogen-bond donors (Lipinski definition) is 1. The van der Waals surface area contributed by atoms with E-state index in [0.717, 1.165) is 34.2 Å². The number of sulfonamides is 1. The van der Waals surface area contributed by atoms with Crippen molar-refractivity contribution in [1.29, 1.82) is 0 Å². The van der Waals surface area contributed by atoms with Gasteiger partial charge >= 0.3 is 5.97 Å². The van der Waals surface area contributed by atoms with Crippen LogP contribution in [0, 0.1) is 5.82 Å². The number of fused-ring (bicyclic) bond motifs is 1. The van der Waals surface area contributed by atoms with Crippen molar-refractivity contribution in [3.05, 3.63) is 78.1 Å². The molecule has 1 N–H and O–H groups in total. The Bertz CT molecular complexity index is 1490. The third kappa shape index (κ3) is 6.01. The number of hydrogen-bond acceptors (Lipinski definition) is 6. The Morgan fingerprint density at radius 2 is 1.57 bits per heavy atom. The van der Waals surface area contributed by atoms with Crippen LogP contribution in [0.25, 0.3) is 11.1 Å². The minimum absolute atomic E-state index is 0.0584. The van der Waals surface area contributed by atoms with Gasteiger partial charge in [-0.05, 0) is 65.6 Å². The first-order valence-corrected chi connectivity index (χ1v) is 14.5. The van der Waals surface area contributed by atoms with Crippen LogP contribution in [0.3, 0.4) is 0 Å². The normalized spacial score (nSPS) is 15.3. The summed E-state index contributed by atoms with van der Waals surface area (Å²) >= 11 is 0. The Kier molecular flexibility index (Phi) is 8.15. The third-order valence-corrected chi connectivity index (χ3v) is 9.05. The SMILES string of the molecule is O=C(O)CN(CCC(=O)N1CCc2cc(F)ccc21)S(=O)(=O)c1ccc(-c2ccc(N3CCOCC3)cc2)cc1. The lowest BCUT2D eigenvalue weighted by Gasteiger charge is -2.28. The molecule has 2 aliphatic heterocycles. The number of ether oxygens (including phenoxy) is 1. The van der Waals surface area contributed by atoms with Crippen molar-refractivity contribution < 1.29 is 32.2 Å². The fourth-order valence-corrected chi connectivity index (χ4v) is 6.46. The molecule has 1 fully saturated rings. The minimum Gasteiger partial charge on any atom is -0.480 e. The molecule has 1 saturated heterocycles. The Balaban J connectivity index is 1.28. The number of halogens is 1. The van der Waals surface area contributed by atoms with Gasteiger partial charge in [0.25, 0.3) is 0 Å². The quantitative estimate of drug-likeness (QED) is 0.423. The Morgan fingerprint density at radius 1 is 0.925 bits per heavy atom. The summed E-state index contributed by atoms with van der Waals surface area (Å²) in [5.74, 6) is -2.07. The first kappa shape index (κ1) is 27.8. The van der Waals surface area contributed by atoms with E-state index in [1.165, 1.54) is 35.2 Å². The van der Waals surface area contributed by atoms with Gasteiger partial charge in [-0.3, -0.25) is 9.59 Å². The third-order valence-electron chi connectivity index (χ3n) is 7.19. The lowest BCUT2D eigenvalue weighted by molar-refractivity contribution is -0.137. The summed E-state index contributed by atoms with van der Waals surface area (Å²) < 4.78 is 46.5. The summed E-state index contributed by atoms with van der Waals surface area (Å²) in [6.07, 6.45) is 0.287. The second-order valence-electron chi connectivity index (χ2n) is 9.72. The van der Waals surface area contributed by atoms with Gasteiger partial charge in [-0.25, -0.2) is 12.8 Å². The number of amides is 1. The second kappa shape index (κ2) is 11.7. The van der Waals surface area contributed by atoms with E-state index in [9.17, 15) is 27.5 Å². The van der Waals surface area contributed by atoms with E-state index in [2.05, 4.69) is 4.90 Å². The average Bonchev–Trinajstić information content (AvgIpc) is 3.38. The number of carboxylic acid groups (broad SMARTS) is 1. The first-order chi connectivity index (χ1) is 19.2. The van der Waals surface area contributed by atoms with Crippen molar-refractivity contribution in [2.75, 3.05) is 55.7 Å². The Labute approximate surface area is 232 Å². The van der Waals surface area contributed by atoms with Crippen molar-refractivity contribution in [3.63, 3.8) is 0 Å². The fourth-order valence-electron chi connectivity index (χ4n) is 5.07. The van der Waals surface area contributed by atoms with Crippen molar-refractivity contribution in [1.82, 2.24) is 4.31 Å². The van der Waals surface area contributed by atoms with Crippen molar-refractivity contribution in [3.8, 4) is 11.1 Å². The van der Waals surface area contributed by atoms with Gasteiger partial charge < -0.3 is 19.6 Å². The van der Waals surface area contributed by atoms with Gasteiger partial charge in [0.15, 0.2) is 0 Å². The largest absolute Gasteiger partial charge is 0.480 e. The van der Waals surface area contributed by atoms with Crippen molar-refractivity contribution in [2.24, 2.45) is 0 Å². The molecule has 0 spiro atoms. The van der Waals surface area contributed by atoms with Gasteiger partial charge in [0.2, 0.25) is 15.9 Å². The predicted molar refractivity (Wildman–Crippen MR) is 148 cm³/mol. The summed E-state index contributed by atoms with van der Waals surface area (Å²) in [6.45, 7) is 2.33. The highest BCUT2D eigenvalue weighted by Gasteiger charge is 2.30. The molecule has 0 aromatic heterocycles. The van der Waals surface area contributed by atoms with Crippen LogP contribution in [0.4, 0.5) is 15.8 Å². The van der Waals surface area contributed by atoms with Crippen molar-refractivity contribution in [2.45, 2.75) is 17.7 Å². The van der Waals surface area contributed by atoms with Crippen LogP contribution in [0.15, 0.2) is 71.6 Å². The van der Waals surface area contributed by atoms with E-state index >= 15 is 0 Å². The van der Waals surface area contributed by atoms with Crippen LogP contribution in [0.2, 0.25) is 0 Å². The smallest absolute Gasteiger partial charge is 0.318 e. The average molecular weight is 568 g/mol. The molecule has 0 saturated carbocycles. The maximum atomic E-state index is 13.5. The highest BCUT2D eigenvalue weighted by molar-refractivity contribution is 7.89. The van der Waals surface area contributed by atoms with Gasteiger partial charge in [-0.2, -0.15) is 4.31 Å². The molecular formula is C29H30FN3O6S. The number of benzene rings is 3. The monoisotopic (exact) mass is 567 g/mol. The molecule has 0 bridgehead atoms. The molecular weight excluding hydrogens is 537 g/mol. The van der Waals surface area contributed by atoms with Gasteiger partial charge in [-0.15, -0.1) is 0 Å². The summed E-state index contributed by atoms with van der Waals surface area (Å²) in [6, 6.07) is 18.4. The lowest BCUT2D eigenvalue weighted by Crippen LogP contribution is -2.39. The molecule has 40 heavy (non-hydrogen) atoms. The molecule has 0 aliphatic carbocycles. The number of rotatable bonds is 9. The molecule has 3 aromatic rings. The molecule has 3 aromatic carbocycles. The van der Waals surface area contributed by atoms with Crippen LogP contribution < -0.4 is 9.80 Å². The molecule has 11 heteroatoms. The van der Waals surface area contributed by atoms with Crippen molar-refractivity contribution >= 4 is 33.3 Å². The molecule has 0 atom stereocenters. The minimum atomic E-state index is -4.19. The summed E-state index contributed by atoms with van der Waals surface area (Å²) in [4.78, 5) is 28.1. The molecule has 1 amide bonds. The molecule has 0 unspecified atom stereocenters. The van der Waals surface area contributed by atoms with Crippen LogP contribution in [0.5, 0.6) is 0 Å². The molecule has 5 rings (SSSR count). The van der Waals surface area contributed by atoms with Crippen LogP contribution in [-0.2, 0) is 30.8 Å². The molecule has 2 heterocycles. The zero-order chi connectivity index (χ0) is 28.3. The number of morpholine rings is 1. The second-order valence-corrected chi connectivity index (χ2v) is 11.7. The highest BCUT2D eigenvalue weighted by Crippen LogP contribution is 2.30. The number of aliphatic carboxylic acids is 1. The van der Waals surface area contributed by atoms with E-state index < -0.39 is 22.5 Å². The van der Waals surface area contributed by atoms with E-state index in [0.29, 0.717) is 37.4 Å². The number of anilines is 2. The summed E-state index contributed by atoms with van der Waals surface area (Å²) in [5.41, 5.74) is 4.12. The highest BCUT2D eigenvalue weighted by atomic mass is 32.2. The number of carboxylic acids is 1. The zero-order valence-corrected chi connectivity index (χ0v) is 22.6. The number of carbonyl (C=O) groups is 2. The van der Waals surface area contributed by atoms with Gasteiger partial charge in [-0.1, -0.05) is 24.3 Å². The molecule has 210 valence electrons. The van der Waals surface area contributed by atoms with E-state index in [1.807, 2.05) is 24.3 Å². The molecule has 9 nitrogen and oxygen atoms in total. The molecule has 0 radical (unpaired) electrons. The predicted octanol–water partition coefficient (Wildman–Crippen LogP) is 3.38. The van der Waals surface area contributed by atoms with E-state index in [1.54, 1.807) is 12.1 Å². The topological polar surface area (TPSA) is 107 Å². The Morgan fingerprint density at radius 3 is 2.23 bits per heavy atom.